The van der Waals surface area contributed by atoms with Gasteiger partial charge < -0.3 is 10.4 Å². The van der Waals surface area contributed by atoms with Crippen LogP contribution in [-0.2, 0) is 41.2 Å². The first-order valence-corrected chi connectivity index (χ1v) is 12.2. The number of fused-ring (bicyclic) bond motifs is 2. The second-order valence-corrected chi connectivity index (χ2v) is 11.4. The number of halogens is 1. The Kier molecular flexibility index (Phi) is 5.23. The molecule has 29 heavy (non-hydrogen) atoms. The van der Waals surface area contributed by atoms with Crippen molar-refractivity contribution in [3.05, 3.63) is 38.5 Å². The fourth-order valence-electron chi connectivity index (χ4n) is 3.94. The summed E-state index contributed by atoms with van der Waals surface area (Å²) >= 11 is 7.15. The highest BCUT2D eigenvalue weighted by Gasteiger charge is 2.28. The number of hydrogen-bond donors (Lipinski definition) is 3. The number of carbonyl (C=O) groups is 1. The van der Waals surface area contributed by atoms with E-state index in [9.17, 15) is 14.1 Å². The number of nitrogens with zero attached hydrogens (tertiary/aromatic N) is 2. The minimum Gasteiger partial charge on any atom is -0.385 e. The molecule has 0 saturated heterocycles. The Morgan fingerprint density at radius 1 is 1.28 bits per heavy atom. The molecule has 4 rings (SSSR count). The minimum atomic E-state index is -3.50. The van der Waals surface area contributed by atoms with Crippen molar-refractivity contribution in [2.75, 3.05) is 5.32 Å². The van der Waals surface area contributed by atoms with Gasteiger partial charge in [-0.1, -0.05) is 11.6 Å². The molecule has 2 aromatic rings. The third-order valence-electron chi connectivity index (χ3n) is 5.21. The van der Waals surface area contributed by atoms with Gasteiger partial charge in [-0.2, -0.15) is 0 Å². The number of hydrogen-bond acceptors (Lipinski definition) is 5. The average molecular weight is 455 g/mol. The van der Waals surface area contributed by atoms with Crippen molar-refractivity contribution in [3.8, 4) is 0 Å². The molecule has 2 aliphatic rings. The van der Waals surface area contributed by atoms with Crippen molar-refractivity contribution in [2.45, 2.75) is 62.2 Å². The zero-order valence-electron chi connectivity index (χ0n) is 16.2. The van der Waals surface area contributed by atoms with Gasteiger partial charge in [0.1, 0.15) is 4.21 Å². The largest absolute Gasteiger partial charge is 0.385 e. The molecule has 2 amide bonds. The van der Waals surface area contributed by atoms with Gasteiger partial charge >= 0.3 is 6.03 Å². The summed E-state index contributed by atoms with van der Waals surface area (Å²) in [6.07, 6.45) is 5.54. The number of anilines is 1. The Balaban J connectivity index is 1.67. The van der Waals surface area contributed by atoms with Gasteiger partial charge in [0.25, 0.3) is 0 Å². The predicted molar refractivity (Wildman–Crippen MR) is 115 cm³/mol. The van der Waals surface area contributed by atoms with Crippen molar-refractivity contribution in [1.29, 1.82) is 0 Å². The summed E-state index contributed by atoms with van der Waals surface area (Å²) in [7, 11) is -3.50. The van der Waals surface area contributed by atoms with E-state index >= 15 is 0 Å². The topological polar surface area (TPSA) is 118 Å². The number of nitrogens with two attached hydrogens (primary N) is 1. The number of rotatable bonds is 3. The lowest BCUT2D eigenvalue weighted by Gasteiger charge is -2.15. The molecule has 10 heteroatoms. The van der Waals surface area contributed by atoms with E-state index in [1.165, 1.54) is 6.07 Å². The van der Waals surface area contributed by atoms with Crippen LogP contribution < -0.4 is 10.5 Å². The second-order valence-electron chi connectivity index (χ2n) is 7.94. The van der Waals surface area contributed by atoms with Crippen LogP contribution in [-0.4, -0.2) is 20.3 Å². The van der Waals surface area contributed by atoms with E-state index in [4.69, 9.17) is 21.7 Å². The SMILES string of the molecule is CC(C)(O)c1sc([S@@](N)(=O)=NC(=O)Nc2c3c(nc4c2CCC4)CCC3)cc1Cl. The van der Waals surface area contributed by atoms with E-state index in [-0.39, 0.29) is 9.23 Å². The lowest BCUT2D eigenvalue weighted by molar-refractivity contribution is 0.0826. The lowest BCUT2D eigenvalue weighted by Crippen LogP contribution is -2.18. The molecule has 4 N–H and O–H groups in total. The van der Waals surface area contributed by atoms with Crippen LogP contribution in [0.3, 0.4) is 0 Å². The molecule has 2 aliphatic carbocycles. The molecule has 2 aromatic heterocycles. The number of aromatic nitrogens is 1. The molecule has 0 fully saturated rings. The Hall–Kier alpha value is -1.52. The normalized spacial score (nSPS) is 17.6. The number of urea groups is 1. The molecule has 1 atom stereocenters. The molecular formula is C19H23ClN4O3S2. The Morgan fingerprint density at radius 2 is 1.86 bits per heavy atom. The maximum atomic E-state index is 13.0. The predicted octanol–water partition coefficient (Wildman–Crippen LogP) is 3.93. The Morgan fingerprint density at radius 3 is 2.38 bits per heavy atom. The van der Waals surface area contributed by atoms with Crippen LogP contribution in [0.25, 0.3) is 0 Å². The van der Waals surface area contributed by atoms with E-state index in [1.807, 2.05) is 0 Å². The summed E-state index contributed by atoms with van der Waals surface area (Å²) < 4.78 is 16.9. The first-order valence-electron chi connectivity index (χ1n) is 9.48. The first-order chi connectivity index (χ1) is 13.6. The number of nitrogens with one attached hydrogen (secondary N) is 1. The molecule has 0 unspecified atom stereocenters. The van der Waals surface area contributed by atoms with Crippen LogP contribution in [0, 0.1) is 0 Å². The highest BCUT2D eigenvalue weighted by atomic mass is 35.5. The monoisotopic (exact) mass is 454 g/mol. The summed E-state index contributed by atoms with van der Waals surface area (Å²) in [5.41, 5.74) is 3.74. The summed E-state index contributed by atoms with van der Waals surface area (Å²) in [5, 5.41) is 19.2. The van der Waals surface area contributed by atoms with E-state index < -0.39 is 21.5 Å². The van der Waals surface area contributed by atoms with Crippen LogP contribution in [0.1, 0.15) is 54.1 Å². The fraction of sp³-hybridized carbons (Fsp3) is 0.474. The number of thiophene rings is 1. The van der Waals surface area contributed by atoms with E-state index in [2.05, 4.69) is 9.68 Å². The number of amides is 2. The van der Waals surface area contributed by atoms with Gasteiger partial charge in [-0.3, -0.25) is 4.98 Å². The minimum absolute atomic E-state index is 0.153. The van der Waals surface area contributed by atoms with Crippen molar-refractivity contribution in [2.24, 2.45) is 9.50 Å². The van der Waals surface area contributed by atoms with Gasteiger partial charge in [0.05, 0.1) is 21.2 Å². The molecule has 0 aromatic carbocycles. The molecule has 7 nitrogen and oxygen atoms in total. The van der Waals surface area contributed by atoms with E-state index in [0.717, 1.165) is 78.1 Å². The standard InChI is InChI=1S/C19H23ClN4O3S2/c1-19(2,26)17-12(20)9-15(28-17)29(21,27)24-18(25)23-16-10-5-3-7-13(10)22-14-8-4-6-11(14)16/h9,26H,3-8H2,1-2H3,(H3,21,22,23,24,25,27)/t29-/m0/s1. The molecular weight excluding hydrogens is 432 g/mol. The molecule has 0 aliphatic heterocycles. The maximum Gasteiger partial charge on any atom is 0.354 e. The Bertz CT molecular complexity index is 1100. The van der Waals surface area contributed by atoms with Crippen LogP contribution in [0.15, 0.2) is 14.6 Å². The molecule has 0 saturated carbocycles. The number of aliphatic hydroxyl groups is 1. The Labute approximate surface area is 179 Å². The van der Waals surface area contributed by atoms with Crippen LogP contribution in [0.5, 0.6) is 0 Å². The van der Waals surface area contributed by atoms with E-state index in [0.29, 0.717) is 4.88 Å². The molecule has 2 heterocycles. The summed E-state index contributed by atoms with van der Waals surface area (Å²) in [6, 6.07) is 0.654. The smallest absolute Gasteiger partial charge is 0.354 e. The van der Waals surface area contributed by atoms with Gasteiger partial charge in [-0.25, -0.2) is 14.1 Å². The fourth-order valence-corrected chi connectivity index (χ4v) is 6.82. The molecule has 0 radical (unpaired) electrons. The van der Waals surface area contributed by atoms with Gasteiger partial charge in [-0.15, -0.1) is 15.7 Å². The number of pyridine rings is 1. The van der Waals surface area contributed by atoms with E-state index in [1.54, 1.807) is 13.8 Å². The molecule has 0 bridgehead atoms. The third kappa shape index (κ3) is 3.94. The van der Waals surface area contributed by atoms with Crippen molar-refractivity contribution >= 4 is 44.6 Å². The molecule has 0 spiro atoms. The number of carbonyl (C=O) groups excluding carboxylic acids is 1. The first kappa shape index (κ1) is 20.7. The average Bonchev–Trinajstić information content (AvgIpc) is 3.31. The van der Waals surface area contributed by atoms with Crippen LogP contribution >= 0.6 is 22.9 Å². The third-order valence-corrected chi connectivity index (χ3v) is 8.96. The quantitative estimate of drug-likeness (QED) is 0.650. The van der Waals surface area contributed by atoms with Crippen molar-refractivity contribution < 1.29 is 14.1 Å². The molecule has 156 valence electrons. The van der Waals surface area contributed by atoms with Gasteiger partial charge in [0, 0.05) is 11.4 Å². The van der Waals surface area contributed by atoms with Gasteiger partial charge in [0.2, 0.25) is 0 Å². The summed E-state index contributed by atoms with van der Waals surface area (Å²) in [6.45, 7) is 3.14. The zero-order chi connectivity index (χ0) is 21.0. The summed E-state index contributed by atoms with van der Waals surface area (Å²) in [4.78, 5) is 17.8. The highest BCUT2D eigenvalue weighted by molar-refractivity contribution is 7.93. The van der Waals surface area contributed by atoms with Gasteiger partial charge in [0.15, 0.2) is 9.92 Å². The van der Waals surface area contributed by atoms with Crippen molar-refractivity contribution in [1.82, 2.24) is 4.98 Å². The van der Waals surface area contributed by atoms with Crippen molar-refractivity contribution in [3.63, 3.8) is 0 Å². The summed E-state index contributed by atoms with van der Waals surface area (Å²) in [5.74, 6) is 0. The van der Waals surface area contributed by atoms with Gasteiger partial charge in [-0.05, 0) is 69.6 Å². The second kappa shape index (κ2) is 7.31. The van der Waals surface area contributed by atoms with Crippen LogP contribution in [0.4, 0.5) is 10.5 Å². The highest BCUT2D eigenvalue weighted by Crippen LogP contribution is 2.38. The number of aryl methyl sites for hydroxylation is 2. The lowest BCUT2D eigenvalue weighted by atomic mass is 10.1. The zero-order valence-corrected chi connectivity index (χ0v) is 18.6. The van der Waals surface area contributed by atoms with Crippen LogP contribution in [0.2, 0.25) is 5.02 Å². The maximum absolute atomic E-state index is 13.0.